The summed E-state index contributed by atoms with van der Waals surface area (Å²) in [6, 6.07) is 14.1. The molecule has 2 N–H and O–H groups in total. The summed E-state index contributed by atoms with van der Waals surface area (Å²) in [5.41, 5.74) is 2.43. The van der Waals surface area contributed by atoms with Crippen molar-refractivity contribution >= 4 is 34.7 Å². The van der Waals surface area contributed by atoms with Crippen molar-refractivity contribution in [3.63, 3.8) is 0 Å². The highest BCUT2D eigenvalue weighted by Crippen LogP contribution is 2.32. The maximum Gasteiger partial charge on any atom is 0.278 e. The third kappa shape index (κ3) is 6.23. The molecule has 0 saturated carbocycles. The first-order valence-electron chi connectivity index (χ1n) is 11.5. The maximum atomic E-state index is 13.3. The Morgan fingerprint density at radius 1 is 0.912 bits per heavy atom. The maximum absolute atomic E-state index is 13.3. The predicted molar refractivity (Wildman–Crippen MR) is 131 cm³/mol. The van der Waals surface area contributed by atoms with Gasteiger partial charge in [-0.1, -0.05) is 19.1 Å². The van der Waals surface area contributed by atoms with Crippen molar-refractivity contribution < 1.29 is 23.9 Å². The van der Waals surface area contributed by atoms with Crippen molar-refractivity contribution in [1.82, 2.24) is 4.90 Å². The van der Waals surface area contributed by atoms with Crippen LogP contribution < -0.4 is 15.4 Å². The average molecular weight is 466 g/mol. The largest absolute Gasteiger partial charge is 0.494 e. The van der Waals surface area contributed by atoms with E-state index in [4.69, 9.17) is 9.47 Å². The molecule has 34 heavy (non-hydrogen) atoms. The van der Waals surface area contributed by atoms with Crippen molar-refractivity contribution in [2.45, 2.75) is 33.6 Å². The van der Waals surface area contributed by atoms with Crippen LogP contribution in [0.2, 0.25) is 0 Å². The Hall–Kier alpha value is -3.65. The Labute approximate surface area is 199 Å². The fraction of sp³-hybridized carbons (Fsp3) is 0.346. The summed E-state index contributed by atoms with van der Waals surface area (Å²) in [5.74, 6) is -0.189. The quantitative estimate of drug-likeness (QED) is 0.363. The normalized spacial score (nSPS) is 13.4. The second-order valence-corrected chi connectivity index (χ2v) is 7.82. The monoisotopic (exact) mass is 465 g/mol. The van der Waals surface area contributed by atoms with Gasteiger partial charge >= 0.3 is 0 Å². The zero-order valence-electron chi connectivity index (χ0n) is 19.8. The fourth-order valence-electron chi connectivity index (χ4n) is 3.55. The molecular formula is C26H31N3O5. The SMILES string of the molecule is CCCOc1ccc(C2=C(Nc3ccc(NC(C)=O)cc3)C(=O)N(CCCOCC)C2=O)cc1. The van der Waals surface area contributed by atoms with Crippen molar-refractivity contribution in [3.8, 4) is 5.75 Å². The minimum absolute atomic E-state index is 0.170. The number of ether oxygens (including phenoxy) is 2. The van der Waals surface area contributed by atoms with E-state index in [1.54, 1.807) is 48.5 Å². The van der Waals surface area contributed by atoms with Crippen molar-refractivity contribution in [2.75, 3.05) is 37.0 Å². The predicted octanol–water partition coefficient (Wildman–Crippen LogP) is 4.05. The van der Waals surface area contributed by atoms with E-state index in [0.29, 0.717) is 54.5 Å². The molecule has 0 saturated heterocycles. The average Bonchev–Trinajstić information content (AvgIpc) is 3.05. The van der Waals surface area contributed by atoms with Crippen LogP contribution >= 0.6 is 0 Å². The molecule has 1 aliphatic rings. The smallest absolute Gasteiger partial charge is 0.278 e. The van der Waals surface area contributed by atoms with Crippen LogP contribution in [0, 0.1) is 0 Å². The number of amides is 3. The van der Waals surface area contributed by atoms with Crippen molar-refractivity contribution in [2.24, 2.45) is 0 Å². The van der Waals surface area contributed by atoms with Gasteiger partial charge in [0, 0.05) is 38.1 Å². The second-order valence-electron chi connectivity index (χ2n) is 7.82. The van der Waals surface area contributed by atoms with Gasteiger partial charge in [0.15, 0.2) is 0 Å². The molecule has 0 fully saturated rings. The Balaban J connectivity index is 1.88. The number of anilines is 2. The van der Waals surface area contributed by atoms with E-state index >= 15 is 0 Å². The van der Waals surface area contributed by atoms with Crippen LogP contribution in [-0.2, 0) is 19.1 Å². The highest BCUT2D eigenvalue weighted by Gasteiger charge is 2.38. The zero-order chi connectivity index (χ0) is 24.5. The second kappa shape index (κ2) is 12.0. The van der Waals surface area contributed by atoms with E-state index in [1.807, 2.05) is 13.8 Å². The lowest BCUT2D eigenvalue weighted by molar-refractivity contribution is -0.137. The van der Waals surface area contributed by atoms with Gasteiger partial charge in [-0.2, -0.15) is 0 Å². The molecule has 3 rings (SSSR count). The molecule has 1 aliphatic heterocycles. The molecule has 0 atom stereocenters. The summed E-state index contributed by atoms with van der Waals surface area (Å²) in [7, 11) is 0. The van der Waals surface area contributed by atoms with E-state index < -0.39 is 0 Å². The number of benzene rings is 2. The third-order valence-electron chi connectivity index (χ3n) is 5.13. The molecule has 0 unspecified atom stereocenters. The Morgan fingerprint density at radius 3 is 2.21 bits per heavy atom. The molecule has 0 radical (unpaired) electrons. The summed E-state index contributed by atoms with van der Waals surface area (Å²) in [4.78, 5) is 39.1. The van der Waals surface area contributed by atoms with Crippen molar-refractivity contribution in [3.05, 3.63) is 59.8 Å². The van der Waals surface area contributed by atoms with Gasteiger partial charge in [-0.05, 0) is 61.7 Å². The van der Waals surface area contributed by atoms with E-state index in [0.717, 1.165) is 6.42 Å². The van der Waals surface area contributed by atoms with Gasteiger partial charge in [-0.15, -0.1) is 0 Å². The topological polar surface area (TPSA) is 97.0 Å². The number of carbonyl (C=O) groups is 3. The van der Waals surface area contributed by atoms with Gasteiger partial charge in [-0.3, -0.25) is 19.3 Å². The summed E-state index contributed by atoms with van der Waals surface area (Å²) >= 11 is 0. The molecule has 3 amide bonds. The number of hydrogen-bond donors (Lipinski definition) is 2. The van der Waals surface area contributed by atoms with Gasteiger partial charge in [0.05, 0.1) is 12.2 Å². The highest BCUT2D eigenvalue weighted by atomic mass is 16.5. The molecule has 2 aromatic carbocycles. The lowest BCUT2D eigenvalue weighted by atomic mass is 10.0. The van der Waals surface area contributed by atoms with Crippen LogP contribution in [-0.4, -0.2) is 49.0 Å². The standard InChI is InChI=1S/C26H31N3O5/c1-4-16-34-22-13-7-19(8-14-22)23-24(26(32)29(25(23)31)15-6-17-33-5-2)28-21-11-9-20(10-12-21)27-18(3)30/h7-14,28H,4-6,15-17H2,1-3H3,(H,27,30). The first kappa shape index (κ1) is 25.0. The minimum Gasteiger partial charge on any atom is -0.494 e. The van der Waals surface area contributed by atoms with Crippen LogP contribution in [0.25, 0.3) is 5.57 Å². The summed E-state index contributed by atoms with van der Waals surface area (Å²) < 4.78 is 11.0. The lowest BCUT2D eigenvalue weighted by Crippen LogP contribution is -2.34. The lowest BCUT2D eigenvalue weighted by Gasteiger charge is -2.15. The molecule has 8 nitrogen and oxygen atoms in total. The van der Waals surface area contributed by atoms with Crippen LogP contribution in [0.3, 0.4) is 0 Å². The summed E-state index contributed by atoms with van der Waals surface area (Å²) in [6.07, 6.45) is 1.45. The van der Waals surface area contributed by atoms with Crippen LogP contribution in [0.15, 0.2) is 54.2 Å². The molecule has 180 valence electrons. The van der Waals surface area contributed by atoms with E-state index in [2.05, 4.69) is 10.6 Å². The molecule has 0 spiro atoms. The third-order valence-corrected chi connectivity index (χ3v) is 5.13. The number of carbonyl (C=O) groups excluding carboxylic acids is 3. The van der Waals surface area contributed by atoms with E-state index in [-0.39, 0.29) is 30.0 Å². The Kier molecular flexibility index (Phi) is 8.81. The zero-order valence-corrected chi connectivity index (χ0v) is 19.8. The molecular weight excluding hydrogens is 434 g/mol. The van der Waals surface area contributed by atoms with Crippen LogP contribution in [0.1, 0.15) is 39.2 Å². The van der Waals surface area contributed by atoms with Crippen molar-refractivity contribution in [1.29, 1.82) is 0 Å². The van der Waals surface area contributed by atoms with Gasteiger partial charge in [-0.25, -0.2) is 0 Å². The van der Waals surface area contributed by atoms with E-state index in [1.165, 1.54) is 11.8 Å². The summed E-state index contributed by atoms with van der Waals surface area (Å²) in [6.45, 7) is 7.30. The van der Waals surface area contributed by atoms with Crippen LogP contribution in [0.5, 0.6) is 5.75 Å². The first-order valence-corrected chi connectivity index (χ1v) is 11.5. The highest BCUT2D eigenvalue weighted by molar-refractivity contribution is 6.36. The minimum atomic E-state index is -0.381. The molecule has 8 heteroatoms. The number of nitrogens with one attached hydrogen (secondary N) is 2. The molecule has 1 heterocycles. The van der Waals surface area contributed by atoms with Crippen LogP contribution in [0.4, 0.5) is 11.4 Å². The molecule has 0 aromatic heterocycles. The Bertz CT molecular complexity index is 1050. The molecule has 2 aromatic rings. The first-order chi connectivity index (χ1) is 16.4. The molecule has 0 bridgehead atoms. The number of imide groups is 1. The molecule has 0 aliphatic carbocycles. The number of hydrogen-bond acceptors (Lipinski definition) is 6. The fourth-order valence-corrected chi connectivity index (χ4v) is 3.55. The van der Waals surface area contributed by atoms with E-state index in [9.17, 15) is 14.4 Å². The van der Waals surface area contributed by atoms with Gasteiger partial charge in [0.2, 0.25) is 5.91 Å². The van der Waals surface area contributed by atoms with Gasteiger partial charge in [0.25, 0.3) is 11.8 Å². The van der Waals surface area contributed by atoms with Gasteiger partial charge in [0.1, 0.15) is 11.4 Å². The van der Waals surface area contributed by atoms with Gasteiger partial charge < -0.3 is 20.1 Å². The number of nitrogens with zero attached hydrogens (tertiary/aromatic N) is 1. The summed E-state index contributed by atoms with van der Waals surface area (Å²) in [5, 5.41) is 5.83. The number of rotatable bonds is 12. The Morgan fingerprint density at radius 2 is 1.59 bits per heavy atom.